The number of aryl methyl sites for hydroxylation is 1. The normalized spacial score (nSPS) is 28.4. The molecule has 0 bridgehead atoms. The fourth-order valence-electron chi connectivity index (χ4n) is 4.20. The molecule has 1 aromatic rings. The predicted octanol–water partition coefficient (Wildman–Crippen LogP) is 3.79. The Bertz CT molecular complexity index is 483. The predicted molar refractivity (Wildman–Crippen MR) is 87.3 cm³/mol. The van der Waals surface area contributed by atoms with Crippen molar-refractivity contribution < 1.29 is 5.11 Å². The van der Waals surface area contributed by atoms with E-state index >= 15 is 0 Å². The van der Waals surface area contributed by atoms with E-state index in [1.54, 1.807) is 0 Å². The summed E-state index contributed by atoms with van der Waals surface area (Å²) in [6.07, 6.45) is 4.44. The SMILES string of the molecule is CC(C)(C)C1CCN(C2CCc3ccccc3C2O)CC1. The van der Waals surface area contributed by atoms with Crippen LogP contribution in [-0.4, -0.2) is 29.1 Å². The zero-order chi connectivity index (χ0) is 15.0. The van der Waals surface area contributed by atoms with Crippen molar-refractivity contribution in [2.75, 3.05) is 13.1 Å². The van der Waals surface area contributed by atoms with Crippen LogP contribution in [0.25, 0.3) is 0 Å². The molecule has 1 fully saturated rings. The van der Waals surface area contributed by atoms with E-state index < -0.39 is 0 Å². The van der Waals surface area contributed by atoms with E-state index in [-0.39, 0.29) is 6.10 Å². The van der Waals surface area contributed by atoms with Crippen LogP contribution >= 0.6 is 0 Å². The summed E-state index contributed by atoms with van der Waals surface area (Å²) in [6.45, 7) is 9.37. The Hall–Kier alpha value is -0.860. The van der Waals surface area contributed by atoms with Crippen molar-refractivity contribution in [3.05, 3.63) is 35.4 Å². The third-order valence-corrected chi connectivity index (χ3v) is 5.67. The molecular formula is C19H29NO. The maximum atomic E-state index is 10.8. The number of hydrogen-bond acceptors (Lipinski definition) is 2. The van der Waals surface area contributed by atoms with Crippen molar-refractivity contribution in [1.82, 2.24) is 4.90 Å². The van der Waals surface area contributed by atoms with Gasteiger partial charge in [-0.05, 0) is 61.2 Å². The smallest absolute Gasteiger partial charge is 0.0947 e. The molecule has 0 radical (unpaired) electrons. The van der Waals surface area contributed by atoms with Gasteiger partial charge in [0.1, 0.15) is 0 Å². The summed E-state index contributed by atoms with van der Waals surface area (Å²) in [6, 6.07) is 8.73. The van der Waals surface area contributed by atoms with Crippen molar-refractivity contribution in [3.8, 4) is 0 Å². The lowest BCUT2D eigenvalue weighted by molar-refractivity contribution is 0.00505. The first-order valence-electron chi connectivity index (χ1n) is 8.47. The largest absolute Gasteiger partial charge is 0.387 e. The molecule has 1 aliphatic heterocycles. The summed E-state index contributed by atoms with van der Waals surface area (Å²) in [4.78, 5) is 2.54. The minimum atomic E-state index is -0.305. The fraction of sp³-hybridized carbons (Fsp3) is 0.684. The maximum Gasteiger partial charge on any atom is 0.0947 e. The van der Waals surface area contributed by atoms with Crippen LogP contribution in [0.2, 0.25) is 0 Å². The van der Waals surface area contributed by atoms with Crippen molar-refractivity contribution in [3.63, 3.8) is 0 Å². The highest BCUT2D eigenvalue weighted by molar-refractivity contribution is 5.32. The number of aliphatic hydroxyl groups excluding tert-OH is 1. The van der Waals surface area contributed by atoms with Crippen LogP contribution in [0.4, 0.5) is 0 Å². The molecule has 116 valence electrons. The number of hydrogen-bond donors (Lipinski definition) is 1. The second-order valence-electron chi connectivity index (χ2n) is 7.93. The Morgan fingerprint density at radius 1 is 1.05 bits per heavy atom. The van der Waals surface area contributed by atoms with Gasteiger partial charge in [-0.2, -0.15) is 0 Å². The molecule has 0 spiro atoms. The lowest BCUT2D eigenvalue weighted by atomic mass is 9.74. The van der Waals surface area contributed by atoms with Gasteiger partial charge in [0.2, 0.25) is 0 Å². The average Bonchev–Trinajstić information content (AvgIpc) is 2.47. The van der Waals surface area contributed by atoms with E-state index in [0.29, 0.717) is 11.5 Å². The molecule has 2 atom stereocenters. The lowest BCUT2D eigenvalue weighted by Crippen LogP contribution is -2.47. The highest BCUT2D eigenvalue weighted by Gasteiger charge is 2.36. The molecule has 2 aliphatic rings. The molecule has 1 heterocycles. The molecule has 3 rings (SSSR count). The number of aliphatic hydroxyl groups is 1. The van der Waals surface area contributed by atoms with Gasteiger partial charge in [0, 0.05) is 6.04 Å². The molecular weight excluding hydrogens is 258 g/mol. The van der Waals surface area contributed by atoms with Gasteiger partial charge in [0.25, 0.3) is 0 Å². The van der Waals surface area contributed by atoms with Gasteiger partial charge in [-0.1, -0.05) is 45.0 Å². The molecule has 21 heavy (non-hydrogen) atoms. The van der Waals surface area contributed by atoms with E-state index in [9.17, 15) is 5.11 Å². The van der Waals surface area contributed by atoms with E-state index in [1.165, 1.54) is 18.4 Å². The van der Waals surface area contributed by atoms with Gasteiger partial charge < -0.3 is 5.11 Å². The van der Waals surface area contributed by atoms with Gasteiger partial charge >= 0.3 is 0 Å². The maximum absolute atomic E-state index is 10.8. The number of nitrogens with zero attached hydrogens (tertiary/aromatic N) is 1. The first kappa shape index (κ1) is 15.1. The molecule has 0 amide bonds. The van der Waals surface area contributed by atoms with Gasteiger partial charge in [-0.15, -0.1) is 0 Å². The number of fused-ring (bicyclic) bond motifs is 1. The zero-order valence-electron chi connectivity index (χ0n) is 13.7. The molecule has 0 saturated carbocycles. The number of likely N-dealkylation sites (tertiary alicyclic amines) is 1. The minimum Gasteiger partial charge on any atom is -0.387 e. The fourth-order valence-corrected chi connectivity index (χ4v) is 4.20. The van der Waals surface area contributed by atoms with Crippen LogP contribution in [0.1, 0.15) is 57.3 Å². The van der Waals surface area contributed by atoms with Crippen molar-refractivity contribution in [1.29, 1.82) is 0 Å². The average molecular weight is 287 g/mol. The Balaban J connectivity index is 1.67. The Kier molecular flexibility index (Phi) is 4.11. The summed E-state index contributed by atoms with van der Waals surface area (Å²) >= 11 is 0. The van der Waals surface area contributed by atoms with Crippen molar-refractivity contribution in [2.45, 2.75) is 58.6 Å². The van der Waals surface area contributed by atoms with Crippen molar-refractivity contribution in [2.24, 2.45) is 11.3 Å². The molecule has 2 heteroatoms. The van der Waals surface area contributed by atoms with Gasteiger partial charge in [0.15, 0.2) is 0 Å². The van der Waals surface area contributed by atoms with Crippen LogP contribution in [0, 0.1) is 11.3 Å². The lowest BCUT2D eigenvalue weighted by Gasteiger charge is -2.44. The topological polar surface area (TPSA) is 23.5 Å². The van der Waals surface area contributed by atoms with Gasteiger partial charge in [-0.3, -0.25) is 4.90 Å². The van der Waals surface area contributed by atoms with E-state index in [2.05, 4.69) is 49.9 Å². The molecule has 1 aliphatic carbocycles. The van der Waals surface area contributed by atoms with Crippen molar-refractivity contribution >= 4 is 0 Å². The second-order valence-corrected chi connectivity index (χ2v) is 7.93. The van der Waals surface area contributed by atoms with Gasteiger partial charge in [0.05, 0.1) is 6.10 Å². The quantitative estimate of drug-likeness (QED) is 0.849. The first-order chi connectivity index (χ1) is 9.97. The molecule has 0 aromatic heterocycles. The third-order valence-electron chi connectivity index (χ3n) is 5.67. The Morgan fingerprint density at radius 3 is 2.38 bits per heavy atom. The van der Waals surface area contributed by atoms with Gasteiger partial charge in [-0.25, -0.2) is 0 Å². The summed E-state index contributed by atoms with van der Waals surface area (Å²) in [7, 11) is 0. The van der Waals surface area contributed by atoms with Crippen LogP contribution in [0.5, 0.6) is 0 Å². The summed E-state index contributed by atoms with van der Waals surface area (Å²) in [5, 5.41) is 10.8. The third kappa shape index (κ3) is 3.02. The highest BCUT2D eigenvalue weighted by Crippen LogP contribution is 2.38. The summed E-state index contributed by atoms with van der Waals surface area (Å²) < 4.78 is 0. The van der Waals surface area contributed by atoms with E-state index in [4.69, 9.17) is 0 Å². The summed E-state index contributed by atoms with van der Waals surface area (Å²) in [5.74, 6) is 0.821. The number of benzene rings is 1. The molecule has 1 aromatic carbocycles. The number of rotatable bonds is 1. The zero-order valence-corrected chi connectivity index (χ0v) is 13.7. The Labute approximate surface area is 129 Å². The van der Waals surface area contributed by atoms with Crippen LogP contribution < -0.4 is 0 Å². The standard InChI is InChI=1S/C19H29NO/c1-19(2,3)15-10-12-20(13-11-15)17-9-8-14-6-4-5-7-16(14)18(17)21/h4-7,15,17-18,21H,8-13H2,1-3H3. The van der Waals surface area contributed by atoms with E-state index in [0.717, 1.165) is 37.4 Å². The second kappa shape index (κ2) is 5.73. The summed E-state index contributed by atoms with van der Waals surface area (Å²) in [5.41, 5.74) is 2.92. The molecule has 1 saturated heterocycles. The van der Waals surface area contributed by atoms with Crippen LogP contribution in [0.3, 0.4) is 0 Å². The van der Waals surface area contributed by atoms with E-state index in [1.807, 2.05) is 0 Å². The highest BCUT2D eigenvalue weighted by atomic mass is 16.3. The minimum absolute atomic E-state index is 0.305. The molecule has 2 unspecified atom stereocenters. The molecule has 1 N–H and O–H groups in total. The molecule has 2 nitrogen and oxygen atoms in total. The monoisotopic (exact) mass is 287 g/mol. The number of piperidine rings is 1. The van der Waals surface area contributed by atoms with Crippen LogP contribution in [0.15, 0.2) is 24.3 Å². The Morgan fingerprint density at radius 2 is 1.71 bits per heavy atom. The van der Waals surface area contributed by atoms with Crippen LogP contribution in [-0.2, 0) is 6.42 Å². The first-order valence-corrected chi connectivity index (χ1v) is 8.47.